The van der Waals surface area contributed by atoms with E-state index in [9.17, 15) is 4.39 Å². The summed E-state index contributed by atoms with van der Waals surface area (Å²) in [4.78, 5) is 8.21. The summed E-state index contributed by atoms with van der Waals surface area (Å²) in [6.07, 6.45) is 0. The van der Waals surface area contributed by atoms with E-state index in [0.717, 1.165) is 0 Å². The quantitative estimate of drug-likeness (QED) is 0.886. The second-order valence-corrected chi connectivity index (χ2v) is 4.10. The lowest BCUT2D eigenvalue weighted by molar-refractivity contribution is 0.454. The van der Waals surface area contributed by atoms with Gasteiger partial charge in [-0.15, -0.1) is 0 Å². The Morgan fingerprint density at radius 2 is 1.89 bits per heavy atom. The van der Waals surface area contributed by atoms with Crippen LogP contribution >= 0.6 is 0 Å². The number of hydrogen-bond acceptors (Lipinski definition) is 4. The third kappa shape index (κ3) is 2.40. The van der Waals surface area contributed by atoms with Crippen LogP contribution in [0.4, 0.5) is 10.2 Å². The first-order valence-electron chi connectivity index (χ1n) is 5.52. The van der Waals surface area contributed by atoms with Crippen LogP contribution in [-0.2, 0) is 0 Å². The number of rotatable bonds is 2. The Kier molecular flexibility index (Phi) is 3.14. The lowest BCUT2D eigenvalue weighted by Gasteiger charge is -2.10. The molecule has 0 amide bonds. The predicted molar refractivity (Wildman–Crippen MR) is 67.1 cm³/mol. The number of nitrogen functional groups attached to an aromatic ring is 1. The average molecular weight is 247 g/mol. The van der Waals surface area contributed by atoms with E-state index in [2.05, 4.69) is 9.97 Å². The highest BCUT2D eigenvalue weighted by atomic mass is 19.1. The molecule has 2 N–H and O–H groups in total. The fraction of sp³-hybridized carbons (Fsp3) is 0.231. The Balaban J connectivity index is 2.36. The highest BCUT2D eigenvalue weighted by molar-refractivity contribution is 5.46. The number of benzene rings is 1. The Morgan fingerprint density at radius 3 is 2.56 bits per heavy atom. The first-order chi connectivity index (χ1) is 8.47. The smallest absolute Gasteiger partial charge is 0.227 e. The Bertz CT molecular complexity index is 599. The maximum atomic E-state index is 13.1. The standard InChI is InChI=1S/C13H14FN3O/c1-7-6-10(4-5-11(7)14)18-13-8(2)12(15)16-9(3)17-13/h4-6H,1-3H3,(H2,15,16,17). The van der Waals surface area contributed by atoms with E-state index in [4.69, 9.17) is 10.5 Å². The number of halogens is 1. The van der Waals surface area contributed by atoms with E-state index in [1.165, 1.54) is 6.07 Å². The molecule has 1 aromatic heterocycles. The molecule has 0 saturated carbocycles. The van der Waals surface area contributed by atoms with Crippen molar-refractivity contribution in [3.05, 3.63) is 41.0 Å². The number of hydrogen-bond donors (Lipinski definition) is 1. The summed E-state index contributed by atoms with van der Waals surface area (Å²) in [6.45, 7) is 5.19. The molecule has 0 aliphatic heterocycles. The van der Waals surface area contributed by atoms with Crippen molar-refractivity contribution < 1.29 is 9.13 Å². The SMILES string of the molecule is Cc1nc(N)c(C)c(Oc2ccc(F)c(C)c2)n1. The molecule has 5 heteroatoms. The molecule has 1 heterocycles. The van der Waals surface area contributed by atoms with Gasteiger partial charge in [-0.2, -0.15) is 4.98 Å². The molecular weight excluding hydrogens is 233 g/mol. The third-order valence-corrected chi connectivity index (χ3v) is 2.59. The number of nitrogens with zero attached hydrogens (tertiary/aromatic N) is 2. The number of anilines is 1. The van der Waals surface area contributed by atoms with Crippen molar-refractivity contribution in [3.63, 3.8) is 0 Å². The zero-order valence-electron chi connectivity index (χ0n) is 10.5. The summed E-state index contributed by atoms with van der Waals surface area (Å²) in [5, 5.41) is 0. The van der Waals surface area contributed by atoms with Crippen molar-refractivity contribution >= 4 is 5.82 Å². The van der Waals surface area contributed by atoms with Gasteiger partial charge in [0.05, 0.1) is 5.56 Å². The van der Waals surface area contributed by atoms with Gasteiger partial charge >= 0.3 is 0 Å². The first kappa shape index (κ1) is 12.3. The molecule has 0 spiro atoms. The number of aromatic nitrogens is 2. The van der Waals surface area contributed by atoms with Gasteiger partial charge < -0.3 is 10.5 Å². The van der Waals surface area contributed by atoms with Gasteiger partial charge in [0.1, 0.15) is 23.2 Å². The molecule has 0 radical (unpaired) electrons. The minimum atomic E-state index is -0.266. The molecule has 0 saturated heterocycles. The van der Waals surface area contributed by atoms with Crippen molar-refractivity contribution in [3.8, 4) is 11.6 Å². The first-order valence-corrected chi connectivity index (χ1v) is 5.52. The van der Waals surface area contributed by atoms with Crippen molar-refractivity contribution in [2.45, 2.75) is 20.8 Å². The van der Waals surface area contributed by atoms with Crippen molar-refractivity contribution in [2.75, 3.05) is 5.73 Å². The van der Waals surface area contributed by atoms with Crippen LogP contribution in [0.1, 0.15) is 17.0 Å². The third-order valence-electron chi connectivity index (χ3n) is 2.59. The van der Waals surface area contributed by atoms with Crippen LogP contribution in [0.2, 0.25) is 0 Å². The molecule has 0 aliphatic rings. The molecule has 2 aromatic rings. The monoisotopic (exact) mass is 247 g/mol. The summed E-state index contributed by atoms with van der Waals surface area (Å²) in [6, 6.07) is 4.52. The average Bonchev–Trinajstić information content (AvgIpc) is 2.30. The van der Waals surface area contributed by atoms with Crippen molar-refractivity contribution in [1.82, 2.24) is 9.97 Å². The maximum Gasteiger partial charge on any atom is 0.227 e. The van der Waals surface area contributed by atoms with Crippen molar-refractivity contribution in [1.29, 1.82) is 0 Å². The van der Waals surface area contributed by atoms with E-state index >= 15 is 0 Å². The summed E-state index contributed by atoms with van der Waals surface area (Å²) >= 11 is 0. The van der Waals surface area contributed by atoms with Gasteiger partial charge in [-0.3, -0.25) is 0 Å². The molecule has 2 rings (SSSR count). The Hall–Kier alpha value is -2.17. The Labute approximate surface area is 105 Å². The van der Waals surface area contributed by atoms with Gasteiger partial charge in [0, 0.05) is 0 Å². The van der Waals surface area contributed by atoms with Crippen molar-refractivity contribution in [2.24, 2.45) is 0 Å². The minimum absolute atomic E-state index is 0.266. The van der Waals surface area contributed by atoms with Crippen LogP contribution in [-0.4, -0.2) is 9.97 Å². The van der Waals surface area contributed by atoms with E-state index in [0.29, 0.717) is 34.4 Å². The van der Waals surface area contributed by atoms with E-state index in [1.807, 2.05) is 0 Å². The van der Waals surface area contributed by atoms with Gasteiger partial charge in [-0.05, 0) is 44.5 Å². The highest BCUT2D eigenvalue weighted by Gasteiger charge is 2.09. The molecule has 0 unspecified atom stereocenters. The molecule has 0 bridgehead atoms. The lowest BCUT2D eigenvalue weighted by atomic mass is 10.2. The molecule has 0 atom stereocenters. The number of nitrogens with two attached hydrogens (primary N) is 1. The topological polar surface area (TPSA) is 61.0 Å². The van der Waals surface area contributed by atoms with E-state index in [-0.39, 0.29) is 5.82 Å². The second-order valence-electron chi connectivity index (χ2n) is 4.10. The van der Waals surface area contributed by atoms with Crippen LogP contribution < -0.4 is 10.5 Å². The van der Waals surface area contributed by atoms with Gasteiger partial charge in [-0.25, -0.2) is 9.37 Å². The lowest BCUT2D eigenvalue weighted by Crippen LogP contribution is -2.02. The van der Waals surface area contributed by atoms with Crippen LogP contribution in [0.5, 0.6) is 11.6 Å². The normalized spacial score (nSPS) is 10.4. The van der Waals surface area contributed by atoms with Crippen LogP contribution in [0.3, 0.4) is 0 Å². The molecule has 94 valence electrons. The van der Waals surface area contributed by atoms with Gasteiger partial charge in [0.2, 0.25) is 5.88 Å². The highest BCUT2D eigenvalue weighted by Crippen LogP contribution is 2.26. The second kappa shape index (κ2) is 4.60. The summed E-state index contributed by atoms with van der Waals surface area (Å²) in [5.74, 6) is 1.57. The van der Waals surface area contributed by atoms with Gasteiger partial charge in [0.15, 0.2) is 0 Å². The van der Waals surface area contributed by atoms with Gasteiger partial charge in [0.25, 0.3) is 0 Å². The number of ether oxygens (including phenoxy) is 1. The number of aryl methyl sites for hydroxylation is 2. The minimum Gasteiger partial charge on any atom is -0.439 e. The zero-order chi connectivity index (χ0) is 13.3. The predicted octanol–water partition coefficient (Wildman–Crippen LogP) is 2.92. The fourth-order valence-electron chi connectivity index (χ4n) is 1.52. The van der Waals surface area contributed by atoms with Crippen LogP contribution in [0.15, 0.2) is 18.2 Å². The maximum absolute atomic E-state index is 13.1. The van der Waals surface area contributed by atoms with E-state index in [1.54, 1.807) is 32.9 Å². The molecule has 1 aromatic carbocycles. The molecule has 4 nitrogen and oxygen atoms in total. The van der Waals surface area contributed by atoms with Gasteiger partial charge in [-0.1, -0.05) is 0 Å². The molecule has 18 heavy (non-hydrogen) atoms. The van der Waals surface area contributed by atoms with Crippen LogP contribution in [0.25, 0.3) is 0 Å². The van der Waals surface area contributed by atoms with E-state index < -0.39 is 0 Å². The largest absolute Gasteiger partial charge is 0.439 e. The molecule has 0 aliphatic carbocycles. The fourth-order valence-corrected chi connectivity index (χ4v) is 1.52. The Morgan fingerprint density at radius 1 is 1.17 bits per heavy atom. The molecule has 0 fully saturated rings. The zero-order valence-corrected chi connectivity index (χ0v) is 10.5. The van der Waals surface area contributed by atoms with Crippen LogP contribution in [0, 0.1) is 26.6 Å². The summed E-state index contributed by atoms with van der Waals surface area (Å²) in [5.41, 5.74) is 6.92. The summed E-state index contributed by atoms with van der Waals surface area (Å²) in [7, 11) is 0. The molecular formula is C13H14FN3O. The summed E-state index contributed by atoms with van der Waals surface area (Å²) < 4.78 is 18.8.